The summed E-state index contributed by atoms with van der Waals surface area (Å²) < 4.78 is 5.60. The summed E-state index contributed by atoms with van der Waals surface area (Å²) in [7, 11) is 2.05. The molecule has 12 heteroatoms. The topological polar surface area (TPSA) is 128 Å². The lowest BCUT2D eigenvalue weighted by Crippen LogP contribution is -2.47. The Bertz CT molecular complexity index is 1030. The van der Waals surface area contributed by atoms with E-state index in [0.29, 0.717) is 34.6 Å². The number of thiazole rings is 1. The van der Waals surface area contributed by atoms with Crippen molar-refractivity contribution in [2.75, 3.05) is 43.9 Å². The molecular formula is C20H24N8O3S. The number of benzene rings is 1. The Kier molecular flexibility index (Phi) is 6.92. The molecule has 0 saturated carbocycles. The maximum atomic E-state index is 12.4. The van der Waals surface area contributed by atoms with Crippen molar-refractivity contribution >= 4 is 34.1 Å². The maximum absolute atomic E-state index is 12.4. The number of rotatable bonds is 7. The SMILES string of the molecule is CN1CCN(C(=O)Cc2csc(NC(=O)Nc3ccc(OCc4c[nH]nn4)cc3)n2)CC1. The third kappa shape index (κ3) is 6.02. The first-order valence-electron chi connectivity index (χ1n) is 10.1. The van der Waals surface area contributed by atoms with E-state index in [9.17, 15) is 9.59 Å². The van der Waals surface area contributed by atoms with Crippen LogP contribution in [0.25, 0.3) is 0 Å². The van der Waals surface area contributed by atoms with Crippen LogP contribution >= 0.6 is 11.3 Å². The number of hydrogen-bond donors (Lipinski definition) is 3. The van der Waals surface area contributed by atoms with Gasteiger partial charge in [0.05, 0.1) is 12.1 Å². The van der Waals surface area contributed by atoms with Crippen molar-refractivity contribution in [3.63, 3.8) is 0 Å². The molecular weight excluding hydrogens is 432 g/mol. The van der Waals surface area contributed by atoms with Gasteiger partial charge in [-0.3, -0.25) is 15.2 Å². The molecule has 168 valence electrons. The molecule has 3 aromatic rings. The minimum Gasteiger partial charge on any atom is -0.487 e. The normalized spacial score (nSPS) is 14.2. The van der Waals surface area contributed by atoms with Crippen LogP contribution in [0.5, 0.6) is 5.75 Å². The summed E-state index contributed by atoms with van der Waals surface area (Å²) in [5.74, 6) is 0.707. The van der Waals surface area contributed by atoms with Gasteiger partial charge in [0.25, 0.3) is 0 Å². The molecule has 1 aromatic carbocycles. The molecule has 4 rings (SSSR count). The quantitative estimate of drug-likeness (QED) is 0.494. The fourth-order valence-electron chi connectivity index (χ4n) is 3.12. The van der Waals surface area contributed by atoms with E-state index < -0.39 is 6.03 Å². The van der Waals surface area contributed by atoms with Gasteiger partial charge >= 0.3 is 6.03 Å². The van der Waals surface area contributed by atoms with Gasteiger partial charge in [0, 0.05) is 43.4 Å². The van der Waals surface area contributed by atoms with Crippen molar-refractivity contribution in [1.29, 1.82) is 0 Å². The molecule has 1 aliphatic heterocycles. The van der Waals surface area contributed by atoms with Crippen molar-refractivity contribution in [2.45, 2.75) is 13.0 Å². The summed E-state index contributed by atoms with van der Waals surface area (Å²) in [5, 5.41) is 17.8. The third-order valence-electron chi connectivity index (χ3n) is 4.93. The second kappa shape index (κ2) is 10.2. The largest absolute Gasteiger partial charge is 0.487 e. The molecule has 1 saturated heterocycles. The van der Waals surface area contributed by atoms with Gasteiger partial charge in [0.15, 0.2) is 5.13 Å². The number of nitrogens with one attached hydrogen (secondary N) is 3. The lowest BCUT2D eigenvalue weighted by Gasteiger charge is -2.32. The number of urea groups is 1. The summed E-state index contributed by atoms with van der Waals surface area (Å²) in [6.07, 6.45) is 1.89. The van der Waals surface area contributed by atoms with E-state index in [-0.39, 0.29) is 12.3 Å². The minimum atomic E-state index is -0.410. The summed E-state index contributed by atoms with van der Waals surface area (Å²) in [6.45, 7) is 3.52. The molecule has 3 heterocycles. The Morgan fingerprint density at radius 1 is 1.12 bits per heavy atom. The van der Waals surface area contributed by atoms with Crippen molar-refractivity contribution in [3.8, 4) is 5.75 Å². The van der Waals surface area contributed by atoms with Crippen LogP contribution in [0, 0.1) is 0 Å². The first-order valence-corrected chi connectivity index (χ1v) is 11.0. The number of piperazine rings is 1. The molecule has 0 atom stereocenters. The molecule has 3 amide bonds. The van der Waals surface area contributed by atoms with Gasteiger partial charge in [-0.1, -0.05) is 5.21 Å². The lowest BCUT2D eigenvalue weighted by molar-refractivity contribution is -0.132. The van der Waals surface area contributed by atoms with Crippen LogP contribution in [0.15, 0.2) is 35.8 Å². The molecule has 2 aromatic heterocycles. The zero-order valence-corrected chi connectivity index (χ0v) is 18.4. The van der Waals surface area contributed by atoms with Crippen LogP contribution in [-0.2, 0) is 17.8 Å². The predicted octanol–water partition coefficient (Wildman–Crippen LogP) is 1.80. The lowest BCUT2D eigenvalue weighted by atomic mass is 10.2. The molecule has 0 bridgehead atoms. The fraction of sp³-hybridized carbons (Fsp3) is 0.350. The van der Waals surface area contributed by atoms with Crippen molar-refractivity contribution < 1.29 is 14.3 Å². The maximum Gasteiger partial charge on any atom is 0.325 e. The van der Waals surface area contributed by atoms with Gasteiger partial charge in [0.2, 0.25) is 5.91 Å². The van der Waals surface area contributed by atoms with E-state index in [2.05, 4.69) is 35.9 Å². The zero-order chi connectivity index (χ0) is 22.3. The Hall–Kier alpha value is -3.51. The average molecular weight is 457 g/mol. The highest BCUT2D eigenvalue weighted by molar-refractivity contribution is 7.14. The summed E-state index contributed by atoms with van der Waals surface area (Å²) in [6, 6.07) is 6.56. The van der Waals surface area contributed by atoms with Crippen molar-refractivity contribution in [3.05, 3.63) is 47.2 Å². The van der Waals surface area contributed by atoms with E-state index in [1.807, 2.05) is 11.9 Å². The van der Waals surface area contributed by atoms with Gasteiger partial charge in [-0.2, -0.15) is 0 Å². The average Bonchev–Trinajstić information content (AvgIpc) is 3.46. The number of amides is 3. The highest BCUT2D eigenvalue weighted by atomic mass is 32.1. The number of ether oxygens (including phenoxy) is 1. The standard InChI is InChI=1S/C20H24N8O3S/c1-27-6-8-28(9-7-27)18(29)10-15-13-32-20(23-15)24-19(30)22-14-2-4-17(5-3-14)31-12-16-11-21-26-25-16/h2-5,11,13H,6-10,12H2,1H3,(H,21,25,26)(H2,22,23,24,30). The van der Waals surface area contributed by atoms with Crippen LogP contribution in [0.3, 0.4) is 0 Å². The molecule has 0 unspecified atom stereocenters. The van der Waals surface area contributed by atoms with E-state index in [1.165, 1.54) is 11.3 Å². The van der Waals surface area contributed by atoms with Crippen LogP contribution in [-0.4, -0.2) is 75.4 Å². The summed E-state index contributed by atoms with van der Waals surface area (Å²) in [5.41, 5.74) is 1.96. The molecule has 1 fully saturated rings. The molecule has 0 spiro atoms. The fourth-order valence-corrected chi connectivity index (χ4v) is 3.82. The molecule has 0 aliphatic carbocycles. The van der Waals surface area contributed by atoms with Gasteiger partial charge in [-0.05, 0) is 31.3 Å². The van der Waals surface area contributed by atoms with Crippen molar-refractivity contribution in [1.82, 2.24) is 30.2 Å². The second-order valence-corrected chi connectivity index (χ2v) is 8.22. The van der Waals surface area contributed by atoms with Gasteiger partial charge in [0.1, 0.15) is 18.1 Å². The molecule has 11 nitrogen and oxygen atoms in total. The number of H-pyrrole nitrogens is 1. The number of carbonyl (C=O) groups excluding carboxylic acids is 2. The Labute approximate surface area is 188 Å². The van der Waals surface area contributed by atoms with E-state index in [0.717, 1.165) is 26.2 Å². The predicted molar refractivity (Wildman–Crippen MR) is 120 cm³/mol. The number of hydrogen-bond acceptors (Lipinski definition) is 8. The Morgan fingerprint density at radius 3 is 2.62 bits per heavy atom. The minimum absolute atomic E-state index is 0.0604. The smallest absolute Gasteiger partial charge is 0.325 e. The number of aromatic amines is 1. The first-order chi connectivity index (χ1) is 15.5. The van der Waals surface area contributed by atoms with E-state index >= 15 is 0 Å². The first kappa shape index (κ1) is 21.7. The number of nitrogens with zero attached hydrogens (tertiary/aromatic N) is 5. The number of anilines is 2. The van der Waals surface area contributed by atoms with E-state index in [4.69, 9.17) is 4.74 Å². The number of carbonyl (C=O) groups is 2. The highest BCUT2D eigenvalue weighted by Crippen LogP contribution is 2.19. The zero-order valence-electron chi connectivity index (χ0n) is 17.6. The van der Waals surface area contributed by atoms with Crippen LogP contribution in [0.1, 0.15) is 11.4 Å². The molecule has 3 N–H and O–H groups in total. The third-order valence-corrected chi connectivity index (χ3v) is 5.73. The van der Waals surface area contributed by atoms with Gasteiger partial charge in [-0.25, -0.2) is 9.78 Å². The van der Waals surface area contributed by atoms with Crippen LogP contribution < -0.4 is 15.4 Å². The Morgan fingerprint density at radius 2 is 1.91 bits per heavy atom. The van der Waals surface area contributed by atoms with Crippen LogP contribution in [0.4, 0.5) is 15.6 Å². The Balaban J connectivity index is 1.23. The number of likely N-dealkylation sites (N-methyl/N-ethyl adjacent to an activating group) is 1. The summed E-state index contributed by atoms with van der Waals surface area (Å²) >= 11 is 1.29. The van der Waals surface area contributed by atoms with Gasteiger partial charge < -0.3 is 19.9 Å². The molecule has 32 heavy (non-hydrogen) atoms. The monoisotopic (exact) mass is 456 g/mol. The highest BCUT2D eigenvalue weighted by Gasteiger charge is 2.20. The molecule has 1 aliphatic rings. The van der Waals surface area contributed by atoms with Gasteiger partial charge in [-0.15, -0.1) is 16.4 Å². The molecule has 0 radical (unpaired) electrons. The summed E-state index contributed by atoms with van der Waals surface area (Å²) in [4.78, 5) is 33.1. The second-order valence-electron chi connectivity index (χ2n) is 7.36. The van der Waals surface area contributed by atoms with Crippen LogP contribution in [0.2, 0.25) is 0 Å². The van der Waals surface area contributed by atoms with Crippen molar-refractivity contribution in [2.24, 2.45) is 0 Å². The van der Waals surface area contributed by atoms with E-state index in [1.54, 1.807) is 35.8 Å². The number of aromatic nitrogens is 4.